The molecule has 3 N–H and O–H groups in total. The summed E-state index contributed by atoms with van der Waals surface area (Å²) in [7, 11) is 2.98. The normalized spacial score (nSPS) is 17.0. The number of nitrogens with one attached hydrogen (secondary N) is 2. The van der Waals surface area contributed by atoms with Crippen molar-refractivity contribution in [3.63, 3.8) is 0 Å². The number of hydrogen-bond donors (Lipinski definition) is 3. The number of carboxylic acids is 1. The molecule has 0 saturated heterocycles. The number of ether oxygens (including phenoxy) is 2. The van der Waals surface area contributed by atoms with Gasteiger partial charge in [-0.3, -0.25) is 14.4 Å². The zero-order valence-corrected chi connectivity index (χ0v) is 20.2. The quantitative estimate of drug-likeness (QED) is 0.335. The van der Waals surface area contributed by atoms with Gasteiger partial charge < -0.3 is 25.2 Å². The van der Waals surface area contributed by atoms with Gasteiger partial charge >= 0.3 is 5.97 Å². The Morgan fingerprint density at radius 2 is 1.65 bits per heavy atom. The van der Waals surface area contributed by atoms with Crippen molar-refractivity contribution in [2.75, 3.05) is 30.6 Å². The Morgan fingerprint density at radius 1 is 1.00 bits per heavy atom. The van der Waals surface area contributed by atoms with E-state index in [9.17, 15) is 19.5 Å². The van der Waals surface area contributed by atoms with Crippen LogP contribution in [0.5, 0.6) is 11.5 Å². The molecule has 0 spiro atoms. The van der Waals surface area contributed by atoms with Gasteiger partial charge in [0.2, 0.25) is 11.8 Å². The number of amides is 2. The zero-order chi connectivity index (χ0) is 24.7. The largest absolute Gasteiger partial charge is 0.495 e. The number of carbonyl (C=O) groups is 3. The number of benzene rings is 2. The molecular weight excluding hydrogens is 480 g/mol. The minimum atomic E-state index is -0.968. The second-order valence-electron chi connectivity index (χ2n) is 7.53. The highest BCUT2D eigenvalue weighted by Gasteiger charge is 2.33. The van der Waals surface area contributed by atoms with Crippen molar-refractivity contribution in [1.82, 2.24) is 0 Å². The predicted molar refractivity (Wildman–Crippen MR) is 132 cm³/mol. The van der Waals surface area contributed by atoms with Crippen LogP contribution in [-0.2, 0) is 14.4 Å². The van der Waals surface area contributed by atoms with Gasteiger partial charge in [0.15, 0.2) is 0 Å². The highest BCUT2D eigenvalue weighted by Crippen LogP contribution is 2.36. The van der Waals surface area contributed by atoms with Gasteiger partial charge in [-0.05, 0) is 43.2 Å². The average molecular weight is 505 g/mol. The van der Waals surface area contributed by atoms with Crippen molar-refractivity contribution in [2.24, 2.45) is 11.8 Å². The first kappa shape index (κ1) is 25.5. The number of halogens is 1. The van der Waals surface area contributed by atoms with Crippen LogP contribution in [0.2, 0.25) is 5.02 Å². The number of aliphatic carboxylic acids is 1. The first-order chi connectivity index (χ1) is 16.3. The summed E-state index contributed by atoms with van der Waals surface area (Å²) < 4.78 is 10.4. The van der Waals surface area contributed by atoms with E-state index in [0.717, 1.165) is 4.90 Å². The minimum Gasteiger partial charge on any atom is -0.495 e. The Bertz CT molecular complexity index is 1090. The van der Waals surface area contributed by atoms with Gasteiger partial charge in [0.25, 0.3) is 0 Å². The highest BCUT2D eigenvalue weighted by molar-refractivity contribution is 8.00. The maximum Gasteiger partial charge on any atom is 0.307 e. The van der Waals surface area contributed by atoms with Crippen molar-refractivity contribution in [2.45, 2.75) is 17.7 Å². The topological polar surface area (TPSA) is 114 Å². The van der Waals surface area contributed by atoms with E-state index in [2.05, 4.69) is 10.6 Å². The van der Waals surface area contributed by atoms with Crippen molar-refractivity contribution in [3.05, 3.63) is 53.6 Å². The van der Waals surface area contributed by atoms with Gasteiger partial charge in [-0.15, -0.1) is 11.8 Å². The molecule has 0 fully saturated rings. The number of hydrogen-bond acceptors (Lipinski definition) is 6. The number of anilines is 2. The van der Waals surface area contributed by atoms with Crippen LogP contribution in [0.1, 0.15) is 12.8 Å². The molecule has 2 aromatic rings. The molecule has 2 aromatic carbocycles. The first-order valence-corrected chi connectivity index (χ1v) is 11.8. The molecule has 0 saturated carbocycles. The van der Waals surface area contributed by atoms with E-state index in [1.807, 2.05) is 6.08 Å². The molecule has 2 atom stereocenters. The van der Waals surface area contributed by atoms with Crippen LogP contribution in [0.3, 0.4) is 0 Å². The van der Waals surface area contributed by atoms with E-state index in [-0.39, 0.29) is 17.6 Å². The molecule has 2 amide bonds. The summed E-state index contributed by atoms with van der Waals surface area (Å²) >= 11 is 7.46. The molecule has 10 heteroatoms. The number of methoxy groups -OCH3 is 2. The molecule has 1 aliphatic rings. The Kier molecular flexibility index (Phi) is 8.84. The van der Waals surface area contributed by atoms with Gasteiger partial charge in [0, 0.05) is 16.6 Å². The standard InChI is InChI=1S/C24H25ClN2O6S/c1-32-20-12-21(33-2)19(11-18(20)25)27-22(28)13-34-15-9-7-14(8-10-15)26-23(29)16-5-3-4-6-17(16)24(30)31/h3-4,7-12,16-17H,5-6,13H2,1-2H3,(H,26,29)(H,27,28)(H,30,31). The molecule has 180 valence electrons. The molecule has 0 aromatic heterocycles. The summed E-state index contributed by atoms with van der Waals surface area (Å²) in [4.78, 5) is 37.3. The Balaban J connectivity index is 1.54. The maximum atomic E-state index is 12.6. The summed E-state index contributed by atoms with van der Waals surface area (Å²) in [5, 5.41) is 15.3. The Labute approximate surface area is 206 Å². The van der Waals surface area contributed by atoms with E-state index in [1.165, 1.54) is 26.0 Å². The van der Waals surface area contributed by atoms with Crippen LogP contribution in [0.25, 0.3) is 0 Å². The van der Waals surface area contributed by atoms with Crippen LogP contribution >= 0.6 is 23.4 Å². The molecule has 8 nitrogen and oxygen atoms in total. The number of carbonyl (C=O) groups excluding carboxylic acids is 2. The second-order valence-corrected chi connectivity index (χ2v) is 8.99. The summed E-state index contributed by atoms with van der Waals surface area (Å²) in [6.45, 7) is 0. The summed E-state index contributed by atoms with van der Waals surface area (Å²) in [6, 6.07) is 10.2. The Hall–Kier alpha value is -3.17. The summed E-state index contributed by atoms with van der Waals surface area (Å²) in [5.41, 5.74) is 1.00. The number of rotatable bonds is 9. The van der Waals surface area contributed by atoms with Crippen LogP contribution < -0.4 is 20.1 Å². The zero-order valence-electron chi connectivity index (χ0n) is 18.7. The molecule has 3 rings (SSSR count). The number of thioether (sulfide) groups is 1. The third-order valence-corrected chi connectivity index (χ3v) is 6.63. The van der Waals surface area contributed by atoms with Gasteiger partial charge in [-0.1, -0.05) is 23.8 Å². The van der Waals surface area contributed by atoms with E-state index in [4.69, 9.17) is 21.1 Å². The highest BCUT2D eigenvalue weighted by atomic mass is 35.5. The molecule has 1 aliphatic carbocycles. The monoisotopic (exact) mass is 504 g/mol. The predicted octanol–water partition coefficient (Wildman–Crippen LogP) is 4.69. The molecule has 2 unspecified atom stereocenters. The lowest BCUT2D eigenvalue weighted by Gasteiger charge is -2.24. The molecule has 0 aliphatic heterocycles. The second kappa shape index (κ2) is 11.8. The lowest BCUT2D eigenvalue weighted by atomic mass is 9.82. The molecule has 0 heterocycles. The maximum absolute atomic E-state index is 12.6. The van der Waals surface area contributed by atoms with Crippen molar-refractivity contribution >= 4 is 52.5 Å². The van der Waals surface area contributed by atoms with Crippen LogP contribution in [-0.4, -0.2) is 42.9 Å². The van der Waals surface area contributed by atoms with Gasteiger partial charge in [-0.2, -0.15) is 0 Å². The molecule has 34 heavy (non-hydrogen) atoms. The van der Waals surface area contributed by atoms with Crippen LogP contribution in [0.15, 0.2) is 53.4 Å². The fraction of sp³-hybridized carbons (Fsp3) is 0.292. The third-order valence-electron chi connectivity index (χ3n) is 5.33. The summed E-state index contributed by atoms with van der Waals surface area (Å²) in [6.07, 6.45) is 4.38. The van der Waals surface area contributed by atoms with Crippen molar-refractivity contribution < 1.29 is 29.0 Å². The van der Waals surface area contributed by atoms with Gasteiger partial charge in [-0.25, -0.2) is 0 Å². The van der Waals surface area contributed by atoms with Crippen LogP contribution in [0, 0.1) is 11.8 Å². The van der Waals surface area contributed by atoms with Crippen molar-refractivity contribution in [3.8, 4) is 11.5 Å². The minimum absolute atomic E-state index is 0.146. The third kappa shape index (κ3) is 6.45. The Morgan fingerprint density at radius 3 is 2.26 bits per heavy atom. The van der Waals surface area contributed by atoms with E-state index < -0.39 is 17.8 Å². The lowest BCUT2D eigenvalue weighted by molar-refractivity contribution is -0.146. The first-order valence-electron chi connectivity index (χ1n) is 10.4. The SMILES string of the molecule is COc1cc(OC)c(NC(=O)CSc2ccc(NC(=O)C3CC=CCC3C(=O)O)cc2)cc1Cl. The lowest BCUT2D eigenvalue weighted by Crippen LogP contribution is -2.34. The molecule has 0 radical (unpaired) electrons. The van der Waals surface area contributed by atoms with E-state index in [0.29, 0.717) is 40.7 Å². The van der Waals surface area contributed by atoms with Crippen molar-refractivity contribution in [1.29, 1.82) is 0 Å². The fourth-order valence-electron chi connectivity index (χ4n) is 3.54. The summed E-state index contributed by atoms with van der Waals surface area (Å²) in [5.74, 6) is -1.84. The average Bonchev–Trinajstić information content (AvgIpc) is 2.83. The number of allylic oxidation sites excluding steroid dienone is 2. The van der Waals surface area contributed by atoms with Crippen LogP contribution in [0.4, 0.5) is 11.4 Å². The van der Waals surface area contributed by atoms with Gasteiger partial charge in [0.1, 0.15) is 11.5 Å². The molecule has 0 bridgehead atoms. The fourth-order valence-corrected chi connectivity index (χ4v) is 4.48. The number of carboxylic acid groups (broad SMARTS) is 1. The van der Waals surface area contributed by atoms with Gasteiger partial charge in [0.05, 0.1) is 42.5 Å². The van der Waals surface area contributed by atoms with E-state index in [1.54, 1.807) is 42.5 Å². The smallest absolute Gasteiger partial charge is 0.307 e. The van der Waals surface area contributed by atoms with E-state index >= 15 is 0 Å². The molecular formula is C24H25ClN2O6S.